The SMILES string of the molecule is Cc1ccc(Cn2ncc(/N=C3/C=CC(=[N+]4CCCCC4)C=C3NS(C)(=O)=O)c2N)cc1. The number of anilines is 1. The number of nitrogens with two attached hydrogens (primary N) is 1. The quantitative estimate of drug-likeness (QED) is 0.536. The number of nitrogens with one attached hydrogen (secondary N) is 1. The Bertz CT molecular complexity index is 1230. The normalized spacial score (nSPS) is 18.2. The lowest BCUT2D eigenvalue weighted by Crippen LogP contribution is -2.31. The number of aromatic nitrogens is 2. The average Bonchev–Trinajstić information content (AvgIpc) is 3.10. The number of rotatable bonds is 5. The van der Waals surface area contributed by atoms with Crippen LogP contribution in [0.15, 0.2) is 59.4 Å². The van der Waals surface area contributed by atoms with Crippen molar-refractivity contribution in [3.8, 4) is 0 Å². The van der Waals surface area contributed by atoms with E-state index >= 15 is 0 Å². The van der Waals surface area contributed by atoms with E-state index in [-0.39, 0.29) is 0 Å². The van der Waals surface area contributed by atoms with Crippen LogP contribution >= 0.6 is 0 Å². The lowest BCUT2D eigenvalue weighted by molar-refractivity contribution is -0.535. The Kier molecular flexibility index (Phi) is 6.27. The fourth-order valence-electron chi connectivity index (χ4n) is 3.85. The third-order valence-corrected chi connectivity index (χ3v) is 6.14. The number of nitrogen functional groups attached to an aromatic ring is 1. The molecule has 0 radical (unpaired) electrons. The summed E-state index contributed by atoms with van der Waals surface area (Å²) in [5, 5.41) is 4.38. The minimum Gasteiger partial charge on any atom is -0.382 e. The van der Waals surface area contributed by atoms with E-state index in [1.165, 1.54) is 12.0 Å². The minimum absolute atomic E-state index is 0.427. The molecule has 0 amide bonds. The van der Waals surface area contributed by atoms with Gasteiger partial charge in [-0.05, 0) is 25.0 Å². The predicted molar refractivity (Wildman–Crippen MR) is 128 cm³/mol. The number of nitrogens with zero attached hydrogens (tertiary/aromatic N) is 4. The van der Waals surface area contributed by atoms with Crippen molar-refractivity contribution in [3.63, 3.8) is 0 Å². The minimum atomic E-state index is -3.47. The molecule has 0 unspecified atom stereocenters. The van der Waals surface area contributed by atoms with Crippen LogP contribution in [0.3, 0.4) is 0 Å². The van der Waals surface area contributed by atoms with Gasteiger partial charge >= 0.3 is 0 Å². The van der Waals surface area contributed by atoms with E-state index < -0.39 is 10.0 Å². The van der Waals surface area contributed by atoms with Crippen LogP contribution in [0.4, 0.5) is 11.5 Å². The second-order valence-electron chi connectivity index (χ2n) is 8.29. The molecule has 1 fully saturated rings. The molecule has 0 atom stereocenters. The zero-order valence-corrected chi connectivity index (χ0v) is 19.3. The summed E-state index contributed by atoms with van der Waals surface area (Å²) in [5.74, 6) is 0.427. The van der Waals surface area contributed by atoms with Crippen LogP contribution in [0.25, 0.3) is 0 Å². The van der Waals surface area contributed by atoms with Crippen LogP contribution < -0.4 is 10.5 Å². The first-order valence-electron chi connectivity index (χ1n) is 10.7. The third-order valence-electron chi connectivity index (χ3n) is 5.55. The monoisotopic (exact) mass is 453 g/mol. The van der Waals surface area contributed by atoms with Gasteiger partial charge in [0.15, 0.2) is 0 Å². The standard InChI is InChI=1S/C23H28N6O2S/c1-17-6-8-18(9-7-17)16-29-23(24)22(15-25-29)26-20-11-10-19(28-12-4-3-5-13-28)14-21(20)27-32(2,30)31/h6-11,14-15H,3-5,12-13,16H2,1-2H3,(H2,24,25,27)/p+1. The third kappa shape index (κ3) is 5.34. The molecule has 0 bridgehead atoms. The Balaban J connectivity index is 1.64. The highest BCUT2D eigenvalue weighted by Gasteiger charge is 2.22. The van der Waals surface area contributed by atoms with E-state index in [0.29, 0.717) is 29.5 Å². The number of sulfonamides is 1. The smallest absolute Gasteiger partial charge is 0.229 e. The summed E-state index contributed by atoms with van der Waals surface area (Å²) in [6.07, 6.45) is 11.9. The Morgan fingerprint density at radius 2 is 1.88 bits per heavy atom. The highest BCUT2D eigenvalue weighted by molar-refractivity contribution is 7.88. The summed E-state index contributed by atoms with van der Waals surface area (Å²) >= 11 is 0. The van der Waals surface area contributed by atoms with Gasteiger partial charge in [-0.15, -0.1) is 0 Å². The van der Waals surface area contributed by atoms with Gasteiger partial charge in [0.1, 0.15) is 24.6 Å². The molecule has 9 heteroatoms. The van der Waals surface area contributed by atoms with Crippen molar-refractivity contribution >= 4 is 33.0 Å². The van der Waals surface area contributed by atoms with Crippen molar-refractivity contribution in [3.05, 3.63) is 65.5 Å². The number of aryl methyl sites for hydroxylation is 1. The fraction of sp³-hybridized carbons (Fsp3) is 0.348. The molecule has 1 aromatic carbocycles. The average molecular weight is 454 g/mol. The summed E-state index contributed by atoms with van der Waals surface area (Å²) < 4.78 is 30.5. The summed E-state index contributed by atoms with van der Waals surface area (Å²) in [5.41, 5.74) is 11.0. The van der Waals surface area contributed by atoms with Crippen LogP contribution in [-0.2, 0) is 16.6 Å². The number of aliphatic imine (C=N–C) groups is 1. The van der Waals surface area contributed by atoms with Gasteiger partial charge < -0.3 is 5.73 Å². The summed E-state index contributed by atoms with van der Waals surface area (Å²) in [6, 6.07) is 8.18. The van der Waals surface area contributed by atoms with E-state index in [2.05, 4.69) is 19.4 Å². The summed E-state index contributed by atoms with van der Waals surface area (Å²) in [6.45, 7) is 4.51. The van der Waals surface area contributed by atoms with Gasteiger partial charge in [-0.2, -0.15) is 5.10 Å². The topological polar surface area (TPSA) is 105 Å². The van der Waals surface area contributed by atoms with Gasteiger partial charge in [0.05, 0.1) is 30.4 Å². The van der Waals surface area contributed by atoms with Crippen LogP contribution in [0.2, 0.25) is 0 Å². The van der Waals surface area contributed by atoms with Crippen molar-refractivity contribution in [1.82, 2.24) is 14.5 Å². The van der Waals surface area contributed by atoms with Gasteiger partial charge in [0.2, 0.25) is 15.7 Å². The highest BCUT2D eigenvalue weighted by Crippen LogP contribution is 2.24. The van der Waals surface area contributed by atoms with Gasteiger partial charge in [-0.3, -0.25) is 4.72 Å². The molecule has 0 saturated carbocycles. The second-order valence-corrected chi connectivity index (χ2v) is 10.0. The second kappa shape index (κ2) is 9.12. The van der Waals surface area contributed by atoms with E-state index in [1.54, 1.807) is 10.9 Å². The predicted octanol–water partition coefficient (Wildman–Crippen LogP) is 2.53. The molecule has 2 aromatic rings. The van der Waals surface area contributed by atoms with E-state index in [4.69, 9.17) is 5.73 Å². The molecule has 1 aliphatic carbocycles. The van der Waals surface area contributed by atoms with E-state index in [1.807, 2.05) is 49.4 Å². The molecular weight excluding hydrogens is 424 g/mol. The molecule has 8 nitrogen and oxygen atoms in total. The molecule has 1 aliphatic heterocycles. The molecule has 2 aliphatic rings. The van der Waals surface area contributed by atoms with Gasteiger partial charge in [-0.1, -0.05) is 29.8 Å². The van der Waals surface area contributed by atoms with Crippen LogP contribution in [0.1, 0.15) is 30.4 Å². The van der Waals surface area contributed by atoms with Gasteiger partial charge in [0.25, 0.3) is 0 Å². The Morgan fingerprint density at radius 1 is 1.16 bits per heavy atom. The molecule has 168 valence electrons. The molecule has 1 saturated heterocycles. The number of hydrogen-bond donors (Lipinski definition) is 2. The molecule has 4 rings (SSSR count). The molecule has 3 N–H and O–H groups in total. The fourth-order valence-corrected chi connectivity index (χ4v) is 4.41. The van der Waals surface area contributed by atoms with Crippen molar-refractivity contribution in [1.29, 1.82) is 0 Å². The van der Waals surface area contributed by atoms with E-state index in [0.717, 1.165) is 43.5 Å². The van der Waals surface area contributed by atoms with E-state index in [9.17, 15) is 8.42 Å². The number of benzene rings is 1. The van der Waals surface area contributed by atoms with Gasteiger partial charge in [-0.25, -0.2) is 22.7 Å². The van der Waals surface area contributed by atoms with Gasteiger partial charge in [0, 0.05) is 25.0 Å². The van der Waals surface area contributed by atoms with Crippen molar-refractivity contribution in [2.75, 3.05) is 25.1 Å². The first-order valence-corrected chi connectivity index (χ1v) is 12.6. The van der Waals surface area contributed by atoms with Crippen molar-refractivity contribution in [2.24, 2.45) is 4.99 Å². The number of allylic oxidation sites excluding steroid dienone is 3. The maximum absolute atomic E-state index is 12.0. The Hall–Kier alpha value is -3.20. The van der Waals surface area contributed by atoms with Crippen molar-refractivity contribution in [2.45, 2.75) is 32.7 Å². The lowest BCUT2D eigenvalue weighted by Gasteiger charge is -2.16. The maximum atomic E-state index is 12.0. The first kappa shape index (κ1) is 22.0. The van der Waals surface area contributed by atoms with Crippen LogP contribution in [0.5, 0.6) is 0 Å². The van der Waals surface area contributed by atoms with Crippen molar-refractivity contribution < 1.29 is 13.0 Å². The Morgan fingerprint density at radius 3 is 2.56 bits per heavy atom. The largest absolute Gasteiger partial charge is 0.382 e. The number of hydrogen-bond acceptors (Lipinski definition) is 5. The lowest BCUT2D eigenvalue weighted by atomic mass is 10.1. The number of piperidine rings is 1. The summed E-state index contributed by atoms with van der Waals surface area (Å²) in [4.78, 5) is 4.63. The highest BCUT2D eigenvalue weighted by atomic mass is 32.2. The molecular formula is C23H29N6O2S+. The zero-order chi connectivity index (χ0) is 22.7. The Labute approximate surface area is 188 Å². The molecule has 2 heterocycles. The molecule has 1 aromatic heterocycles. The zero-order valence-electron chi connectivity index (χ0n) is 18.5. The summed E-state index contributed by atoms with van der Waals surface area (Å²) in [7, 11) is -3.47. The molecule has 32 heavy (non-hydrogen) atoms. The molecule has 0 spiro atoms. The first-order chi connectivity index (χ1) is 15.3. The maximum Gasteiger partial charge on any atom is 0.229 e. The van der Waals surface area contributed by atoms with Crippen LogP contribution in [0, 0.1) is 6.92 Å². The van der Waals surface area contributed by atoms with Crippen LogP contribution in [-0.4, -0.2) is 53.5 Å².